The van der Waals surface area contributed by atoms with Crippen molar-refractivity contribution in [3.8, 4) is 0 Å². The fourth-order valence-electron chi connectivity index (χ4n) is 2.80. The molecule has 4 heteroatoms. The van der Waals surface area contributed by atoms with Crippen molar-refractivity contribution in [3.63, 3.8) is 0 Å². The molecule has 1 aliphatic rings. The summed E-state index contributed by atoms with van der Waals surface area (Å²) < 4.78 is 10.1. The van der Waals surface area contributed by atoms with E-state index in [9.17, 15) is 4.79 Å². The van der Waals surface area contributed by atoms with Crippen LogP contribution in [0.4, 0.5) is 0 Å². The highest BCUT2D eigenvalue weighted by molar-refractivity contribution is 5.81. The van der Waals surface area contributed by atoms with E-state index < -0.39 is 5.54 Å². The van der Waals surface area contributed by atoms with Gasteiger partial charge < -0.3 is 14.8 Å². The summed E-state index contributed by atoms with van der Waals surface area (Å²) in [6.07, 6.45) is 3.95. The van der Waals surface area contributed by atoms with Gasteiger partial charge in [0, 0.05) is 13.7 Å². The number of methoxy groups -OCH3 is 2. The lowest BCUT2D eigenvalue weighted by Crippen LogP contribution is -2.55. The average molecular weight is 229 g/mol. The van der Waals surface area contributed by atoms with Gasteiger partial charge in [-0.05, 0) is 31.7 Å². The zero-order chi connectivity index (χ0) is 12.0. The number of hydrogen-bond acceptors (Lipinski definition) is 4. The molecule has 0 aliphatic heterocycles. The standard InChI is InChI=1S/C12H23NO3/c1-4-13-12(11(14)16-3)8-5-6-10(12)7-9-15-2/h10,13H,4-9H2,1-3H3. The third kappa shape index (κ3) is 2.55. The third-order valence-electron chi connectivity index (χ3n) is 3.53. The molecule has 0 bridgehead atoms. The summed E-state index contributed by atoms with van der Waals surface area (Å²) in [5.41, 5.74) is -0.470. The summed E-state index contributed by atoms with van der Waals surface area (Å²) in [6, 6.07) is 0. The van der Waals surface area contributed by atoms with E-state index in [1.807, 2.05) is 6.92 Å². The molecule has 4 nitrogen and oxygen atoms in total. The first kappa shape index (κ1) is 13.5. The minimum Gasteiger partial charge on any atom is -0.468 e. The molecule has 0 aromatic carbocycles. The summed E-state index contributed by atoms with van der Waals surface area (Å²) in [6.45, 7) is 3.52. The minimum atomic E-state index is -0.470. The van der Waals surface area contributed by atoms with Gasteiger partial charge in [-0.3, -0.25) is 4.79 Å². The van der Waals surface area contributed by atoms with Crippen molar-refractivity contribution in [2.24, 2.45) is 5.92 Å². The Morgan fingerprint density at radius 1 is 1.50 bits per heavy atom. The molecular weight excluding hydrogens is 206 g/mol. The fraction of sp³-hybridized carbons (Fsp3) is 0.917. The highest BCUT2D eigenvalue weighted by atomic mass is 16.5. The maximum absolute atomic E-state index is 12.0. The second kappa shape index (κ2) is 6.21. The number of carbonyl (C=O) groups is 1. The van der Waals surface area contributed by atoms with E-state index in [0.717, 1.165) is 32.2 Å². The number of ether oxygens (including phenoxy) is 2. The maximum atomic E-state index is 12.0. The number of esters is 1. The molecule has 2 unspecified atom stereocenters. The van der Waals surface area contributed by atoms with Crippen molar-refractivity contribution in [1.29, 1.82) is 0 Å². The summed E-state index contributed by atoms with van der Waals surface area (Å²) >= 11 is 0. The van der Waals surface area contributed by atoms with Gasteiger partial charge in [-0.25, -0.2) is 0 Å². The SMILES string of the molecule is CCNC1(C(=O)OC)CCCC1CCOC. The van der Waals surface area contributed by atoms with E-state index >= 15 is 0 Å². The Labute approximate surface area is 97.7 Å². The Balaban J connectivity index is 2.76. The second-order valence-electron chi connectivity index (χ2n) is 4.36. The molecule has 1 saturated carbocycles. The molecule has 94 valence electrons. The lowest BCUT2D eigenvalue weighted by atomic mass is 9.84. The van der Waals surface area contributed by atoms with Crippen molar-refractivity contribution in [2.75, 3.05) is 27.4 Å². The minimum absolute atomic E-state index is 0.118. The Kier molecular flexibility index (Phi) is 5.22. The van der Waals surface area contributed by atoms with Crippen LogP contribution in [0.2, 0.25) is 0 Å². The number of likely N-dealkylation sites (N-methyl/N-ethyl adjacent to an activating group) is 1. The van der Waals surface area contributed by atoms with Gasteiger partial charge in [-0.1, -0.05) is 13.3 Å². The smallest absolute Gasteiger partial charge is 0.326 e. The van der Waals surface area contributed by atoms with Crippen LogP contribution in [0.5, 0.6) is 0 Å². The van der Waals surface area contributed by atoms with E-state index in [-0.39, 0.29) is 5.97 Å². The maximum Gasteiger partial charge on any atom is 0.326 e. The van der Waals surface area contributed by atoms with Gasteiger partial charge in [0.25, 0.3) is 0 Å². The van der Waals surface area contributed by atoms with Crippen LogP contribution in [-0.2, 0) is 14.3 Å². The molecule has 0 aromatic heterocycles. The highest BCUT2D eigenvalue weighted by Crippen LogP contribution is 2.38. The van der Waals surface area contributed by atoms with E-state index in [4.69, 9.17) is 9.47 Å². The molecule has 0 heterocycles. The highest BCUT2D eigenvalue weighted by Gasteiger charge is 2.48. The largest absolute Gasteiger partial charge is 0.468 e. The fourth-order valence-corrected chi connectivity index (χ4v) is 2.80. The van der Waals surface area contributed by atoms with E-state index in [2.05, 4.69) is 5.32 Å². The Bertz CT molecular complexity index is 232. The molecule has 1 N–H and O–H groups in total. The molecule has 0 saturated heterocycles. The van der Waals surface area contributed by atoms with Gasteiger partial charge in [0.05, 0.1) is 7.11 Å². The summed E-state index contributed by atoms with van der Waals surface area (Å²) in [7, 11) is 3.16. The molecule has 16 heavy (non-hydrogen) atoms. The molecule has 1 fully saturated rings. The lowest BCUT2D eigenvalue weighted by Gasteiger charge is -2.33. The summed E-state index contributed by atoms with van der Waals surface area (Å²) in [5, 5.41) is 3.34. The topological polar surface area (TPSA) is 47.6 Å². The number of carbonyl (C=O) groups excluding carboxylic acids is 1. The van der Waals surface area contributed by atoms with Crippen molar-refractivity contribution in [3.05, 3.63) is 0 Å². The first-order valence-corrected chi connectivity index (χ1v) is 6.03. The number of nitrogens with one attached hydrogen (secondary N) is 1. The molecule has 1 rings (SSSR count). The van der Waals surface area contributed by atoms with Crippen LogP contribution in [-0.4, -0.2) is 38.9 Å². The third-order valence-corrected chi connectivity index (χ3v) is 3.53. The first-order valence-electron chi connectivity index (χ1n) is 6.03. The van der Waals surface area contributed by atoms with Crippen LogP contribution in [0.3, 0.4) is 0 Å². The van der Waals surface area contributed by atoms with Crippen LogP contribution in [0.1, 0.15) is 32.6 Å². The van der Waals surface area contributed by atoms with Gasteiger partial charge in [-0.2, -0.15) is 0 Å². The van der Waals surface area contributed by atoms with Gasteiger partial charge in [0.1, 0.15) is 5.54 Å². The van der Waals surface area contributed by atoms with Crippen LogP contribution in [0.25, 0.3) is 0 Å². The van der Waals surface area contributed by atoms with E-state index in [1.54, 1.807) is 7.11 Å². The predicted octanol–water partition coefficient (Wildman–Crippen LogP) is 1.34. The van der Waals surface area contributed by atoms with Gasteiger partial charge in [0.2, 0.25) is 0 Å². The van der Waals surface area contributed by atoms with Crippen LogP contribution < -0.4 is 5.32 Å². The Morgan fingerprint density at radius 3 is 2.81 bits per heavy atom. The average Bonchev–Trinajstić information content (AvgIpc) is 2.70. The predicted molar refractivity (Wildman–Crippen MR) is 62.3 cm³/mol. The zero-order valence-electron chi connectivity index (χ0n) is 10.5. The molecule has 0 radical (unpaired) electrons. The van der Waals surface area contributed by atoms with Gasteiger partial charge in [0.15, 0.2) is 0 Å². The van der Waals surface area contributed by atoms with Crippen molar-refractivity contribution in [2.45, 2.75) is 38.1 Å². The summed E-state index contributed by atoms with van der Waals surface area (Å²) in [5.74, 6) is 0.216. The normalized spacial score (nSPS) is 29.3. The monoisotopic (exact) mass is 229 g/mol. The molecular formula is C12H23NO3. The Hall–Kier alpha value is -0.610. The first-order chi connectivity index (χ1) is 7.71. The van der Waals surface area contributed by atoms with Crippen LogP contribution >= 0.6 is 0 Å². The quantitative estimate of drug-likeness (QED) is 0.698. The Morgan fingerprint density at radius 2 is 2.25 bits per heavy atom. The van der Waals surface area contributed by atoms with Crippen molar-refractivity contribution < 1.29 is 14.3 Å². The number of hydrogen-bond donors (Lipinski definition) is 1. The van der Waals surface area contributed by atoms with E-state index in [1.165, 1.54) is 7.11 Å². The molecule has 0 spiro atoms. The van der Waals surface area contributed by atoms with Crippen LogP contribution in [0.15, 0.2) is 0 Å². The summed E-state index contributed by atoms with van der Waals surface area (Å²) in [4.78, 5) is 12.0. The molecule has 0 aromatic rings. The number of rotatable bonds is 6. The molecule has 2 atom stereocenters. The van der Waals surface area contributed by atoms with E-state index in [0.29, 0.717) is 12.5 Å². The van der Waals surface area contributed by atoms with Crippen molar-refractivity contribution >= 4 is 5.97 Å². The van der Waals surface area contributed by atoms with Gasteiger partial charge >= 0.3 is 5.97 Å². The molecule has 0 amide bonds. The van der Waals surface area contributed by atoms with Gasteiger partial charge in [-0.15, -0.1) is 0 Å². The lowest BCUT2D eigenvalue weighted by molar-refractivity contribution is -0.150. The second-order valence-corrected chi connectivity index (χ2v) is 4.36. The van der Waals surface area contributed by atoms with Crippen molar-refractivity contribution in [1.82, 2.24) is 5.32 Å². The van der Waals surface area contributed by atoms with Crippen LogP contribution in [0, 0.1) is 5.92 Å². The molecule has 1 aliphatic carbocycles. The zero-order valence-corrected chi connectivity index (χ0v) is 10.5.